The average molecular weight is 239 g/mol. The van der Waals surface area contributed by atoms with E-state index in [-0.39, 0.29) is 0 Å². The lowest BCUT2D eigenvalue weighted by Crippen LogP contribution is -2.04. The summed E-state index contributed by atoms with van der Waals surface area (Å²) in [5.74, 6) is 3.57. The highest BCUT2D eigenvalue weighted by molar-refractivity contribution is 7.99. The molecule has 0 radical (unpaired) electrons. The minimum absolute atomic E-state index is 0.687. The molecule has 3 nitrogen and oxygen atoms in total. The van der Waals surface area contributed by atoms with Gasteiger partial charge in [0, 0.05) is 18.4 Å². The third-order valence-corrected chi connectivity index (χ3v) is 3.27. The maximum Gasteiger partial charge on any atom is 0.130 e. The van der Waals surface area contributed by atoms with Crippen molar-refractivity contribution in [3.05, 3.63) is 11.9 Å². The van der Waals surface area contributed by atoms with E-state index in [4.69, 9.17) is 0 Å². The van der Waals surface area contributed by atoms with Gasteiger partial charge in [0.2, 0.25) is 0 Å². The first kappa shape index (κ1) is 13.3. The zero-order chi connectivity index (χ0) is 12.0. The van der Waals surface area contributed by atoms with Crippen molar-refractivity contribution in [2.45, 2.75) is 39.1 Å². The Balaban J connectivity index is 2.65. The molecule has 0 aliphatic heterocycles. The predicted molar refractivity (Wildman–Crippen MR) is 71.1 cm³/mol. The van der Waals surface area contributed by atoms with Crippen molar-refractivity contribution in [1.29, 1.82) is 0 Å². The number of aryl methyl sites for hydroxylation is 1. The summed E-state index contributed by atoms with van der Waals surface area (Å²) in [7, 11) is 0. The number of anilines is 1. The lowest BCUT2D eigenvalue weighted by molar-refractivity contribution is 0.749. The number of aromatic nitrogens is 2. The molecule has 0 spiro atoms. The van der Waals surface area contributed by atoms with Crippen LogP contribution in [0, 0.1) is 12.8 Å². The van der Waals surface area contributed by atoms with Gasteiger partial charge in [-0.3, -0.25) is 0 Å². The van der Waals surface area contributed by atoms with Crippen molar-refractivity contribution in [3.63, 3.8) is 0 Å². The number of nitrogens with zero attached hydrogens (tertiary/aromatic N) is 2. The molecule has 0 aromatic carbocycles. The highest BCUT2D eigenvalue weighted by Crippen LogP contribution is 2.20. The van der Waals surface area contributed by atoms with Gasteiger partial charge in [-0.25, -0.2) is 9.97 Å². The number of nitrogens with one attached hydrogen (secondary N) is 1. The molecule has 1 heterocycles. The van der Waals surface area contributed by atoms with E-state index in [9.17, 15) is 0 Å². The molecule has 1 aromatic rings. The Labute approximate surface area is 102 Å². The van der Waals surface area contributed by atoms with Gasteiger partial charge in [-0.2, -0.15) is 0 Å². The largest absolute Gasteiger partial charge is 0.370 e. The first-order chi connectivity index (χ1) is 7.61. The highest BCUT2D eigenvalue weighted by atomic mass is 32.2. The Morgan fingerprint density at radius 2 is 2.12 bits per heavy atom. The van der Waals surface area contributed by atoms with Crippen LogP contribution in [0.1, 0.15) is 33.0 Å². The van der Waals surface area contributed by atoms with Crippen LogP contribution in [0.4, 0.5) is 5.82 Å². The maximum atomic E-state index is 4.43. The molecule has 1 aromatic heterocycles. The molecular weight excluding hydrogens is 218 g/mol. The maximum absolute atomic E-state index is 4.43. The van der Waals surface area contributed by atoms with Gasteiger partial charge in [-0.05, 0) is 19.3 Å². The minimum Gasteiger partial charge on any atom is -0.370 e. The Bertz CT molecular complexity index is 326. The quantitative estimate of drug-likeness (QED) is 0.610. The van der Waals surface area contributed by atoms with Crippen LogP contribution in [0.3, 0.4) is 0 Å². The van der Waals surface area contributed by atoms with Crippen LogP contribution >= 0.6 is 11.8 Å². The fourth-order valence-corrected chi connectivity index (χ4v) is 2.11. The fraction of sp³-hybridized carbons (Fsp3) is 0.667. The molecular formula is C12H21N3S. The van der Waals surface area contributed by atoms with Gasteiger partial charge < -0.3 is 5.32 Å². The topological polar surface area (TPSA) is 37.8 Å². The van der Waals surface area contributed by atoms with Crippen molar-refractivity contribution in [3.8, 4) is 0 Å². The van der Waals surface area contributed by atoms with Gasteiger partial charge in [0.15, 0.2) is 0 Å². The summed E-state index contributed by atoms with van der Waals surface area (Å²) in [6.07, 6.45) is 1.11. The van der Waals surface area contributed by atoms with Gasteiger partial charge in [0.05, 0.1) is 0 Å². The molecule has 0 unspecified atom stereocenters. The van der Waals surface area contributed by atoms with E-state index in [2.05, 4.69) is 36.1 Å². The van der Waals surface area contributed by atoms with Gasteiger partial charge in [-0.15, -0.1) is 11.8 Å². The molecule has 4 heteroatoms. The third kappa shape index (κ3) is 4.84. The van der Waals surface area contributed by atoms with Gasteiger partial charge in [0.1, 0.15) is 16.7 Å². The van der Waals surface area contributed by atoms with Gasteiger partial charge in [-0.1, -0.05) is 20.8 Å². The summed E-state index contributed by atoms with van der Waals surface area (Å²) in [6.45, 7) is 9.49. The summed E-state index contributed by atoms with van der Waals surface area (Å²) in [6, 6.07) is 2.04. The second kappa shape index (κ2) is 6.74. The molecule has 0 fully saturated rings. The molecule has 16 heavy (non-hydrogen) atoms. The van der Waals surface area contributed by atoms with Crippen LogP contribution in [0.2, 0.25) is 0 Å². The van der Waals surface area contributed by atoms with Crippen molar-refractivity contribution >= 4 is 17.6 Å². The van der Waals surface area contributed by atoms with Crippen molar-refractivity contribution in [2.24, 2.45) is 5.92 Å². The van der Waals surface area contributed by atoms with E-state index < -0.39 is 0 Å². The smallest absolute Gasteiger partial charge is 0.130 e. The third-order valence-electron chi connectivity index (χ3n) is 1.94. The Hall–Kier alpha value is -0.770. The van der Waals surface area contributed by atoms with Crippen molar-refractivity contribution in [1.82, 2.24) is 9.97 Å². The molecule has 0 atom stereocenters. The van der Waals surface area contributed by atoms with Crippen LogP contribution in [0.15, 0.2) is 11.1 Å². The van der Waals surface area contributed by atoms with E-state index in [1.54, 1.807) is 11.8 Å². The minimum atomic E-state index is 0.687. The summed E-state index contributed by atoms with van der Waals surface area (Å²) < 4.78 is 0. The van der Waals surface area contributed by atoms with Crippen LogP contribution in [-0.2, 0) is 0 Å². The lowest BCUT2D eigenvalue weighted by atomic mass is 10.3. The standard InChI is InChI=1S/C12H21N3S/c1-5-6-13-11-7-12(15-10(4)14-11)16-8-9(2)3/h7,9H,5-6,8H2,1-4H3,(H,13,14,15). The van der Waals surface area contributed by atoms with E-state index in [1.807, 2.05) is 13.0 Å². The Kier molecular flexibility index (Phi) is 5.60. The monoisotopic (exact) mass is 239 g/mol. The van der Waals surface area contributed by atoms with E-state index in [0.717, 1.165) is 35.4 Å². The van der Waals surface area contributed by atoms with Crippen molar-refractivity contribution in [2.75, 3.05) is 17.6 Å². The molecule has 0 saturated carbocycles. The molecule has 90 valence electrons. The second-order valence-corrected chi connectivity index (χ2v) is 5.31. The van der Waals surface area contributed by atoms with E-state index >= 15 is 0 Å². The molecule has 0 aliphatic carbocycles. The van der Waals surface area contributed by atoms with Crippen LogP contribution in [0.5, 0.6) is 0 Å². The SMILES string of the molecule is CCCNc1cc(SCC(C)C)nc(C)n1. The zero-order valence-electron chi connectivity index (χ0n) is 10.6. The number of hydrogen-bond donors (Lipinski definition) is 1. The highest BCUT2D eigenvalue weighted by Gasteiger charge is 2.03. The molecule has 1 N–H and O–H groups in total. The summed E-state index contributed by atoms with van der Waals surface area (Å²) in [5.41, 5.74) is 0. The van der Waals surface area contributed by atoms with Crippen molar-refractivity contribution < 1.29 is 0 Å². The summed E-state index contributed by atoms with van der Waals surface area (Å²) >= 11 is 1.80. The lowest BCUT2D eigenvalue weighted by Gasteiger charge is -2.08. The first-order valence-corrected chi connectivity index (χ1v) is 6.82. The van der Waals surface area contributed by atoms with Crippen LogP contribution in [0.25, 0.3) is 0 Å². The average Bonchev–Trinajstić information content (AvgIpc) is 2.23. The Morgan fingerprint density at radius 1 is 1.38 bits per heavy atom. The molecule has 1 rings (SSSR count). The van der Waals surface area contributed by atoms with Gasteiger partial charge >= 0.3 is 0 Å². The first-order valence-electron chi connectivity index (χ1n) is 5.84. The van der Waals surface area contributed by atoms with E-state index in [0.29, 0.717) is 5.92 Å². The Morgan fingerprint density at radius 3 is 2.75 bits per heavy atom. The number of hydrogen-bond acceptors (Lipinski definition) is 4. The molecule has 0 amide bonds. The number of rotatable bonds is 6. The second-order valence-electron chi connectivity index (χ2n) is 4.27. The predicted octanol–water partition coefficient (Wildman–Crippen LogP) is 3.36. The normalized spacial score (nSPS) is 10.8. The summed E-state index contributed by atoms with van der Waals surface area (Å²) in [5, 5.41) is 4.37. The van der Waals surface area contributed by atoms with Gasteiger partial charge in [0.25, 0.3) is 0 Å². The fourth-order valence-electron chi connectivity index (χ4n) is 1.21. The zero-order valence-corrected chi connectivity index (χ0v) is 11.4. The summed E-state index contributed by atoms with van der Waals surface area (Å²) in [4.78, 5) is 8.79. The van der Waals surface area contributed by atoms with Crippen LogP contribution < -0.4 is 5.32 Å². The van der Waals surface area contributed by atoms with Crippen LogP contribution in [-0.4, -0.2) is 22.3 Å². The molecule has 0 saturated heterocycles. The molecule has 0 bridgehead atoms. The van der Waals surface area contributed by atoms with E-state index in [1.165, 1.54) is 0 Å². The molecule has 0 aliphatic rings. The number of thioether (sulfide) groups is 1.